The van der Waals surface area contributed by atoms with Gasteiger partial charge in [-0.3, -0.25) is 9.59 Å². The number of hydrogen-bond donors (Lipinski definition) is 1. The average molecular weight is 340 g/mol. The maximum absolute atomic E-state index is 12.2. The molecular formula is C15H18BrNO3. The number of rotatable bonds is 4. The quantitative estimate of drug-likeness (QED) is 0.917. The van der Waals surface area contributed by atoms with Crippen LogP contribution in [0.2, 0.25) is 0 Å². The summed E-state index contributed by atoms with van der Waals surface area (Å²) < 4.78 is 0.978. The smallest absolute Gasteiger partial charge is 0.311 e. The Morgan fingerprint density at radius 2 is 2.00 bits per heavy atom. The number of hydrogen-bond acceptors (Lipinski definition) is 2. The molecule has 108 valence electrons. The van der Waals surface area contributed by atoms with Gasteiger partial charge in [0.1, 0.15) is 0 Å². The minimum Gasteiger partial charge on any atom is -0.481 e. The Balaban J connectivity index is 2.01. The van der Waals surface area contributed by atoms with Gasteiger partial charge in [0.2, 0.25) is 5.91 Å². The minimum absolute atomic E-state index is 0.00361. The third-order valence-electron chi connectivity index (χ3n) is 4.11. The van der Waals surface area contributed by atoms with E-state index < -0.39 is 11.4 Å². The maximum atomic E-state index is 12.2. The van der Waals surface area contributed by atoms with Crippen molar-refractivity contribution in [1.82, 2.24) is 4.90 Å². The second-order valence-electron chi connectivity index (χ2n) is 5.31. The fourth-order valence-electron chi connectivity index (χ4n) is 2.59. The predicted octanol–water partition coefficient (Wildman–Crippen LogP) is 2.70. The summed E-state index contributed by atoms with van der Waals surface area (Å²) in [6, 6.07) is 7.62. The fraction of sp³-hybridized carbons (Fsp3) is 0.467. The monoisotopic (exact) mass is 339 g/mol. The lowest BCUT2D eigenvalue weighted by Crippen LogP contribution is -2.37. The summed E-state index contributed by atoms with van der Waals surface area (Å²) in [5, 5.41) is 9.34. The van der Waals surface area contributed by atoms with Crippen LogP contribution in [0.25, 0.3) is 0 Å². The number of benzene rings is 1. The van der Waals surface area contributed by atoms with E-state index in [1.54, 1.807) is 4.90 Å². The van der Waals surface area contributed by atoms with Crippen molar-refractivity contribution in [1.29, 1.82) is 0 Å². The highest BCUT2D eigenvalue weighted by Crippen LogP contribution is 2.34. The van der Waals surface area contributed by atoms with E-state index in [4.69, 9.17) is 0 Å². The van der Waals surface area contributed by atoms with Crippen LogP contribution in [0.5, 0.6) is 0 Å². The lowest BCUT2D eigenvalue weighted by atomic mass is 9.84. The van der Waals surface area contributed by atoms with Crippen LogP contribution in [-0.4, -0.2) is 35.0 Å². The molecule has 1 saturated heterocycles. The summed E-state index contributed by atoms with van der Waals surface area (Å²) >= 11 is 3.36. The van der Waals surface area contributed by atoms with Crippen LogP contribution in [0.3, 0.4) is 0 Å². The maximum Gasteiger partial charge on any atom is 0.311 e. The standard InChI is InChI=1S/C15H18BrNO3/c1-2-15(14(19)20)7-8-17(10-15)13(18)9-11-3-5-12(16)6-4-11/h3-6H,2,7-10H2,1H3,(H,19,20). The molecule has 1 amide bonds. The van der Waals surface area contributed by atoms with Gasteiger partial charge >= 0.3 is 5.97 Å². The Morgan fingerprint density at radius 3 is 2.50 bits per heavy atom. The molecule has 1 atom stereocenters. The van der Waals surface area contributed by atoms with Gasteiger partial charge in [0.05, 0.1) is 11.8 Å². The zero-order valence-electron chi connectivity index (χ0n) is 11.4. The van der Waals surface area contributed by atoms with E-state index in [2.05, 4.69) is 15.9 Å². The van der Waals surface area contributed by atoms with E-state index in [-0.39, 0.29) is 5.91 Å². The number of carboxylic acid groups (broad SMARTS) is 1. The Kier molecular flexibility index (Phi) is 4.48. The molecule has 4 nitrogen and oxygen atoms in total. The van der Waals surface area contributed by atoms with E-state index in [1.165, 1.54) is 0 Å². The Hall–Kier alpha value is -1.36. The van der Waals surface area contributed by atoms with Crippen molar-refractivity contribution in [3.05, 3.63) is 34.3 Å². The number of nitrogens with zero attached hydrogens (tertiary/aromatic N) is 1. The molecule has 1 fully saturated rings. The van der Waals surface area contributed by atoms with Gasteiger partial charge in [-0.05, 0) is 30.5 Å². The number of likely N-dealkylation sites (tertiary alicyclic amines) is 1. The van der Waals surface area contributed by atoms with Crippen molar-refractivity contribution in [3.8, 4) is 0 Å². The predicted molar refractivity (Wildman–Crippen MR) is 79.4 cm³/mol. The Labute approximate surface area is 126 Å². The lowest BCUT2D eigenvalue weighted by molar-refractivity contribution is -0.148. The van der Waals surface area contributed by atoms with E-state index in [0.29, 0.717) is 32.4 Å². The number of amides is 1. The molecule has 2 rings (SSSR count). The average Bonchev–Trinajstić information content (AvgIpc) is 2.87. The minimum atomic E-state index is -0.793. The first-order valence-electron chi connectivity index (χ1n) is 6.72. The number of carbonyl (C=O) groups is 2. The summed E-state index contributed by atoms with van der Waals surface area (Å²) in [5.74, 6) is -0.789. The SMILES string of the molecule is CCC1(C(=O)O)CCN(C(=O)Cc2ccc(Br)cc2)C1. The van der Waals surface area contributed by atoms with Gasteiger partial charge in [-0.2, -0.15) is 0 Å². The molecule has 1 N–H and O–H groups in total. The first kappa shape index (κ1) is 15.0. The van der Waals surface area contributed by atoms with E-state index in [1.807, 2.05) is 31.2 Å². The van der Waals surface area contributed by atoms with Gasteiger partial charge in [0.15, 0.2) is 0 Å². The van der Waals surface area contributed by atoms with Crippen LogP contribution in [0.4, 0.5) is 0 Å². The van der Waals surface area contributed by atoms with Crippen LogP contribution in [0.15, 0.2) is 28.7 Å². The van der Waals surface area contributed by atoms with Crippen molar-refractivity contribution in [2.75, 3.05) is 13.1 Å². The van der Waals surface area contributed by atoms with Crippen LogP contribution >= 0.6 is 15.9 Å². The molecule has 1 aromatic carbocycles. The number of carboxylic acids is 1. The highest BCUT2D eigenvalue weighted by atomic mass is 79.9. The summed E-state index contributed by atoms with van der Waals surface area (Å²) in [7, 11) is 0. The van der Waals surface area contributed by atoms with Crippen molar-refractivity contribution >= 4 is 27.8 Å². The topological polar surface area (TPSA) is 57.6 Å². The van der Waals surface area contributed by atoms with Crippen molar-refractivity contribution < 1.29 is 14.7 Å². The van der Waals surface area contributed by atoms with Crippen molar-refractivity contribution in [2.45, 2.75) is 26.2 Å². The van der Waals surface area contributed by atoms with Crippen LogP contribution < -0.4 is 0 Å². The summed E-state index contributed by atoms with van der Waals surface area (Å²) in [4.78, 5) is 25.3. The molecule has 1 unspecified atom stereocenters. The van der Waals surface area contributed by atoms with Gasteiger partial charge < -0.3 is 10.0 Å². The Bertz CT molecular complexity index is 514. The number of halogens is 1. The normalized spacial score (nSPS) is 22.0. The van der Waals surface area contributed by atoms with E-state index in [0.717, 1.165) is 10.0 Å². The molecule has 0 aromatic heterocycles. The van der Waals surface area contributed by atoms with Gasteiger partial charge in [-0.25, -0.2) is 0 Å². The van der Waals surface area contributed by atoms with Crippen LogP contribution in [0.1, 0.15) is 25.3 Å². The number of carbonyl (C=O) groups excluding carboxylic acids is 1. The van der Waals surface area contributed by atoms with Gasteiger partial charge in [-0.1, -0.05) is 35.0 Å². The summed E-state index contributed by atoms with van der Waals surface area (Å²) in [5.41, 5.74) is 0.192. The van der Waals surface area contributed by atoms with Crippen LogP contribution in [0, 0.1) is 5.41 Å². The first-order chi connectivity index (χ1) is 9.47. The second-order valence-corrected chi connectivity index (χ2v) is 6.22. The molecule has 1 heterocycles. The zero-order valence-corrected chi connectivity index (χ0v) is 13.0. The van der Waals surface area contributed by atoms with Gasteiger partial charge in [-0.15, -0.1) is 0 Å². The first-order valence-corrected chi connectivity index (χ1v) is 7.52. The molecule has 1 aliphatic rings. The second kappa shape index (κ2) is 5.95. The fourth-order valence-corrected chi connectivity index (χ4v) is 2.85. The zero-order chi connectivity index (χ0) is 14.8. The number of aliphatic carboxylic acids is 1. The third-order valence-corrected chi connectivity index (χ3v) is 4.63. The highest BCUT2D eigenvalue weighted by molar-refractivity contribution is 9.10. The van der Waals surface area contributed by atoms with Crippen LogP contribution in [-0.2, 0) is 16.0 Å². The summed E-state index contributed by atoms with van der Waals surface area (Å²) in [6.45, 7) is 2.74. The molecular weight excluding hydrogens is 322 g/mol. The third kappa shape index (κ3) is 3.03. The van der Waals surface area contributed by atoms with E-state index >= 15 is 0 Å². The summed E-state index contributed by atoms with van der Waals surface area (Å²) in [6.07, 6.45) is 1.43. The molecule has 1 aliphatic heterocycles. The van der Waals surface area contributed by atoms with Crippen molar-refractivity contribution in [3.63, 3.8) is 0 Å². The molecule has 5 heteroatoms. The highest BCUT2D eigenvalue weighted by Gasteiger charge is 2.44. The Morgan fingerprint density at radius 1 is 1.35 bits per heavy atom. The largest absolute Gasteiger partial charge is 0.481 e. The van der Waals surface area contributed by atoms with Gasteiger partial charge in [0.25, 0.3) is 0 Å². The molecule has 20 heavy (non-hydrogen) atoms. The van der Waals surface area contributed by atoms with E-state index in [9.17, 15) is 14.7 Å². The van der Waals surface area contributed by atoms with Crippen molar-refractivity contribution in [2.24, 2.45) is 5.41 Å². The molecule has 0 bridgehead atoms. The molecule has 0 aliphatic carbocycles. The molecule has 1 aromatic rings. The lowest BCUT2D eigenvalue weighted by Gasteiger charge is -2.23. The molecule has 0 radical (unpaired) electrons. The molecule has 0 spiro atoms. The van der Waals surface area contributed by atoms with Gasteiger partial charge in [0, 0.05) is 17.6 Å². The molecule has 0 saturated carbocycles.